The third-order valence-corrected chi connectivity index (χ3v) is 8.86. The number of hydrogen-bond donors (Lipinski definition) is 1. The number of carbonyl (C=O) groups is 1. The second-order valence-corrected chi connectivity index (χ2v) is 12.0. The molecule has 1 amide bonds. The normalized spacial score (nSPS) is 17.5. The maximum Gasteiger partial charge on any atom is 0.251 e. The lowest BCUT2D eigenvalue weighted by molar-refractivity contribution is 0.0950. The van der Waals surface area contributed by atoms with Gasteiger partial charge in [0.05, 0.1) is 53.0 Å². The van der Waals surface area contributed by atoms with Crippen LogP contribution in [0.15, 0.2) is 65.7 Å². The van der Waals surface area contributed by atoms with Gasteiger partial charge in [-0.1, -0.05) is 19.1 Å². The van der Waals surface area contributed by atoms with Crippen molar-refractivity contribution in [2.75, 3.05) is 12.4 Å². The third kappa shape index (κ3) is 4.72. The van der Waals surface area contributed by atoms with Gasteiger partial charge in [-0.05, 0) is 60.9 Å². The van der Waals surface area contributed by atoms with Gasteiger partial charge in [0.15, 0.2) is 9.84 Å². The maximum atomic E-state index is 12.8. The maximum absolute atomic E-state index is 12.8. The minimum atomic E-state index is -3.49. The Balaban J connectivity index is 1.21. The van der Waals surface area contributed by atoms with Crippen molar-refractivity contribution in [1.29, 1.82) is 0 Å². The van der Waals surface area contributed by atoms with E-state index in [1.54, 1.807) is 18.3 Å². The highest BCUT2D eigenvalue weighted by atomic mass is 32.2. The zero-order valence-corrected chi connectivity index (χ0v) is 21.2. The van der Waals surface area contributed by atoms with Crippen molar-refractivity contribution < 1.29 is 17.9 Å². The molecule has 3 aromatic heterocycles. The van der Waals surface area contributed by atoms with E-state index in [1.807, 2.05) is 30.3 Å². The van der Waals surface area contributed by atoms with E-state index < -0.39 is 9.84 Å². The minimum absolute atomic E-state index is 0.0970. The predicted molar refractivity (Wildman–Crippen MR) is 139 cm³/mol. The Morgan fingerprint density at radius 3 is 2.73 bits per heavy atom. The first-order valence-electron chi connectivity index (χ1n) is 12.3. The number of amides is 1. The molecule has 0 atom stereocenters. The first kappa shape index (κ1) is 23.7. The Labute approximate surface area is 215 Å². The highest BCUT2D eigenvalue weighted by Gasteiger charge is 2.40. The molecule has 1 fully saturated rings. The number of ether oxygens (including phenoxy) is 1. The van der Waals surface area contributed by atoms with Crippen LogP contribution in [0, 0.1) is 0 Å². The van der Waals surface area contributed by atoms with Crippen LogP contribution in [0.4, 0.5) is 0 Å². The highest BCUT2D eigenvalue weighted by molar-refractivity contribution is 7.91. The molecule has 0 unspecified atom stereocenters. The number of aromatic nitrogens is 3. The molecule has 0 bridgehead atoms. The molecule has 0 saturated heterocycles. The van der Waals surface area contributed by atoms with Crippen LogP contribution < -0.4 is 5.32 Å². The summed E-state index contributed by atoms with van der Waals surface area (Å²) in [6.45, 7) is 2.77. The number of benzene rings is 1. The summed E-state index contributed by atoms with van der Waals surface area (Å²) in [6.07, 6.45) is 4.05. The van der Waals surface area contributed by atoms with E-state index in [1.165, 1.54) is 6.07 Å². The highest BCUT2D eigenvalue weighted by Crippen LogP contribution is 2.46. The van der Waals surface area contributed by atoms with E-state index >= 15 is 0 Å². The fourth-order valence-corrected chi connectivity index (χ4v) is 5.88. The zero-order chi connectivity index (χ0) is 25.6. The van der Waals surface area contributed by atoms with Crippen LogP contribution in [-0.2, 0) is 33.1 Å². The molecule has 0 spiro atoms. The molecule has 9 heteroatoms. The molecule has 1 aromatic carbocycles. The molecule has 1 aliphatic carbocycles. The minimum Gasteiger partial charge on any atom is -0.376 e. The summed E-state index contributed by atoms with van der Waals surface area (Å²) in [5.74, 6) is -0.471. The van der Waals surface area contributed by atoms with Gasteiger partial charge in [0.1, 0.15) is 0 Å². The lowest BCUT2D eigenvalue weighted by Gasteiger charge is -2.11. The summed E-state index contributed by atoms with van der Waals surface area (Å²) in [5, 5.41) is 3.73. The van der Waals surface area contributed by atoms with Crippen molar-refractivity contribution in [2.45, 2.75) is 43.2 Å². The fourth-order valence-electron chi connectivity index (χ4n) is 4.49. The lowest BCUT2D eigenvalue weighted by atomic mass is 10.0. The van der Waals surface area contributed by atoms with Crippen LogP contribution in [0.1, 0.15) is 47.1 Å². The average molecular weight is 515 g/mol. The molecular formula is C28H26N4O4S. The number of pyridine rings is 3. The van der Waals surface area contributed by atoms with Gasteiger partial charge in [-0.2, -0.15) is 0 Å². The van der Waals surface area contributed by atoms with Gasteiger partial charge < -0.3 is 10.1 Å². The van der Waals surface area contributed by atoms with Gasteiger partial charge in [0.25, 0.3) is 5.91 Å². The smallest absolute Gasteiger partial charge is 0.251 e. The third-order valence-electron chi connectivity index (χ3n) is 7.11. The zero-order valence-electron chi connectivity index (χ0n) is 20.4. The van der Waals surface area contributed by atoms with Crippen molar-refractivity contribution in [3.63, 3.8) is 0 Å². The number of fused-ring (bicyclic) bond motifs is 2. The van der Waals surface area contributed by atoms with E-state index in [-0.39, 0.29) is 47.3 Å². The molecule has 1 saturated carbocycles. The van der Waals surface area contributed by atoms with Gasteiger partial charge in [-0.15, -0.1) is 0 Å². The van der Waals surface area contributed by atoms with Gasteiger partial charge in [-0.3, -0.25) is 14.8 Å². The Morgan fingerprint density at radius 2 is 1.89 bits per heavy atom. The number of nitrogens with one attached hydrogen (secondary N) is 1. The molecule has 4 aromatic rings. The molecule has 2 aliphatic rings. The molecule has 8 nitrogen and oxygen atoms in total. The molecule has 188 valence electrons. The summed E-state index contributed by atoms with van der Waals surface area (Å²) in [5.41, 5.74) is 5.16. The standard InChI is InChI=1S/C28H26N4O4S/c1-28(9-10-28)26-4-2-3-22(32-26)23-8-7-19-15-29-21(14-24(19)31-23)16-30-27(33)18-5-6-20-17-36-11-12-37(34,35)25(20)13-18/h2-8,13-15H,9-12,16-17H2,1H3,(H,30,33). The number of nitrogens with zero attached hydrogens (tertiary/aromatic N) is 3. The molecule has 0 radical (unpaired) electrons. The van der Waals surface area contributed by atoms with Crippen LogP contribution in [0.3, 0.4) is 0 Å². The lowest BCUT2D eigenvalue weighted by Crippen LogP contribution is -2.23. The topological polar surface area (TPSA) is 111 Å². The Hall–Kier alpha value is -3.69. The van der Waals surface area contributed by atoms with Crippen molar-refractivity contribution >= 4 is 26.6 Å². The molecular weight excluding hydrogens is 488 g/mol. The second kappa shape index (κ2) is 9.00. The Bertz CT molecular complexity index is 1650. The SMILES string of the molecule is CC1(c2cccc(-c3ccc4cnc(CNC(=O)c5ccc6c(c5)S(=O)(=O)CCOC6)cc4n3)n2)CC1. The molecule has 6 rings (SSSR count). The van der Waals surface area contributed by atoms with Crippen LogP contribution in [0.2, 0.25) is 0 Å². The second-order valence-electron chi connectivity index (χ2n) is 9.91. The first-order chi connectivity index (χ1) is 17.8. The van der Waals surface area contributed by atoms with Crippen LogP contribution in [-0.4, -0.2) is 41.6 Å². The summed E-state index contributed by atoms with van der Waals surface area (Å²) in [7, 11) is -3.49. The van der Waals surface area contributed by atoms with Gasteiger partial charge >= 0.3 is 0 Å². The first-order valence-corrected chi connectivity index (χ1v) is 13.9. The van der Waals surface area contributed by atoms with E-state index in [2.05, 4.69) is 23.3 Å². The molecule has 1 aliphatic heterocycles. The summed E-state index contributed by atoms with van der Waals surface area (Å²) < 4.78 is 30.4. The van der Waals surface area contributed by atoms with Crippen molar-refractivity contribution in [3.8, 4) is 11.4 Å². The van der Waals surface area contributed by atoms with E-state index in [4.69, 9.17) is 14.7 Å². The van der Waals surface area contributed by atoms with E-state index in [0.29, 0.717) is 11.3 Å². The van der Waals surface area contributed by atoms with E-state index in [0.717, 1.165) is 40.8 Å². The summed E-state index contributed by atoms with van der Waals surface area (Å²) in [6, 6.07) is 16.5. The quantitative estimate of drug-likeness (QED) is 0.429. The van der Waals surface area contributed by atoms with Crippen LogP contribution in [0.5, 0.6) is 0 Å². The number of sulfone groups is 1. The largest absolute Gasteiger partial charge is 0.376 e. The summed E-state index contributed by atoms with van der Waals surface area (Å²) in [4.78, 5) is 27.1. The number of hydrogen-bond acceptors (Lipinski definition) is 7. The van der Waals surface area contributed by atoms with Gasteiger partial charge in [0.2, 0.25) is 0 Å². The Morgan fingerprint density at radius 1 is 1.05 bits per heavy atom. The number of carbonyl (C=O) groups excluding carboxylic acids is 1. The average Bonchev–Trinajstić information content (AvgIpc) is 3.69. The van der Waals surface area contributed by atoms with Crippen molar-refractivity contribution in [1.82, 2.24) is 20.3 Å². The predicted octanol–water partition coefficient (Wildman–Crippen LogP) is 3.98. The van der Waals surface area contributed by atoms with Crippen molar-refractivity contribution in [3.05, 3.63) is 83.3 Å². The molecule has 37 heavy (non-hydrogen) atoms. The monoisotopic (exact) mass is 514 g/mol. The van der Waals surface area contributed by atoms with Gasteiger partial charge in [0, 0.05) is 28.3 Å². The molecule has 4 heterocycles. The van der Waals surface area contributed by atoms with Crippen LogP contribution >= 0.6 is 0 Å². The molecule has 1 N–H and O–H groups in total. The fraction of sp³-hybridized carbons (Fsp3) is 0.286. The summed E-state index contributed by atoms with van der Waals surface area (Å²) >= 11 is 0. The van der Waals surface area contributed by atoms with Crippen LogP contribution in [0.25, 0.3) is 22.3 Å². The Kier molecular flexibility index (Phi) is 5.77. The number of rotatable bonds is 5. The van der Waals surface area contributed by atoms with Gasteiger partial charge in [-0.25, -0.2) is 13.4 Å². The van der Waals surface area contributed by atoms with E-state index in [9.17, 15) is 13.2 Å². The van der Waals surface area contributed by atoms with Crippen molar-refractivity contribution in [2.24, 2.45) is 0 Å².